The van der Waals surface area contributed by atoms with Crippen molar-refractivity contribution in [3.8, 4) is 0 Å². The molecule has 0 N–H and O–H groups in total. The predicted octanol–water partition coefficient (Wildman–Crippen LogP) is 2.74. The second-order valence-electron chi connectivity index (χ2n) is 7.78. The molecule has 2 heterocycles. The van der Waals surface area contributed by atoms with Crippen molar-refractivity contribution in [1.29, 1.82) is 0 Å². The largest absolute Gasteiger partial charge is 0.466 e. The quantitative estimate of drug-likeness (QED) is 0.573. The molecule has 0 aromatic heterocycles. The number of hydrogen-bond donors (Lipinski definition) is 0. The summed E-state index contributed by atoms with van der Waals surface area (Å²) in [5.74, 6) is -0.0915. The Morgan fingerprint density at radius 2 is 1.82 bits per heavy atom. The maximum atomic E-state index is 11.7. The topological polar surface area (TPSA) is 54.0 Å². The summed E-state index contributed by atoms with van der Waals surface area (Å²) in [6, 6.07) is 0. The first kappa shape index (κ1) is 17.9. The number of fused-ring (bicyclic) bond motifs is 1. The van der Waals surface area contributed by atoms with Crippen LogP contribution in [0, 0.1) is 5.92 Å². The molecule has 0 aromatic carbocycles. The zero-order valence-corrected chi connectivity index (χ0v) is 15.7. The number of esters is 1. The van der Waals surface area contributed by atoms with Crippen LogP contribution in [0.5, 0.6) is 0 Å². The summed E-state index contributed by atoms with van der Waals surface area (Å²) in [6.07, 6.45) is 0.257. The molecule has 2 aliphatic rings. The first-order valence-corrected chi connectivity index (χ1v) is 11.1. The molecule has 6 heteroatoms. The van der Waals surface area contributed by atoms with Crippen molar-refractivity contribution in [2.24, 2.45) is 5.92 Å². The molecule has 2 rings (SSSR count). The van der Waals surface area contributed by atoms with Crippen molar-refractivity contribution in [2.75, 3.05) is 19.8 Å². The maximum Gasteiger partial charge on any atom is 0.306 e. The molecule has 2 fully saturated rings. The lowest BCUT2D eigenvalue weighted by Gasteiger charge is -2.39. The van der Waals surface area contributed by atoms with Gasteiger partial charge in [-0.25, -0.2) is 0 Å². The fraction of sp³-hybridized carbons (Fsp3) is 0.938. The van der Waals surface area contributed by atoms with Crippen LogP contribution in [-0.4, -0.2) is 52.4 Å². The molecule has 0 saturated carbocycles. The molecule has 2 aliphatic heterocycles. The number of carbonyl (C=O) groups is 1. The normalized spacial score (nSPS) is 32.1. The van der Waals surface area contributed by atoms with Crippen molar-refractivity contribution in [1.82, 2.24) is 0 Å². The Hall–Kier alpha value is -0.433. The van der Waals surface area contributed by atoms with Crippen LogP contribution < -0.4 is 0 Å². The van der Waals surface area contributed by atoms with Gasteiger partial charge >= 0.3 is 5.97 Å². The molecule has 1 unspecified atom stereocenters. The third kappa shape index (κ3) is 3.72. The van der Waals surface area contributed by atoms with Gasteiger partial charge in [0.15, 0.2) is 8.32 Å². The van der Waals surface area contributed by atoms with Gasteiger partial charge in [-0.3, -0.25) is 4.79 Å². The lowest BCUT2D eigenvalue weighted by atomic mass is 9.98. The molecule has 22 heavy (non-hydrogen) atoms. The van der Waals surface area contributed by atoms with Crippen molar-refractivity contribution in [2.45, 2.75) is 70.6 Å². The Morgan fingerprint density at radius 1 is 1.18 bits per heavy atom. The van der Waals surface area contributed by atoms with Gasteiger partial charge in [-0.2, -0.15) is 0 Å². The van der Waals surface area contributed by atoms with E-state index in [1.807, 2.05) is 6.92 Å². The summed E-state index contributed by atoms with van der Waals surface area (Å²) in [4.78, 5) is 11.7. The van der Waals surface area contributed by atoms with Gasteiger partial charge < -0.3 is 18.6 Å². The Labute approximate surface area is 134 Å². The van der Waals surface area contributed by atoms with Crippen molar-refractivity contribution in [3.05, 3.63) is 0 Å². The Balaban J connectivity index is 1.94. The molecule has 5 nitrogen and oxygen atoms in total. The van der Waals surface area contributed by atoms with E-state index in [2.05, 4.69) is 33.9 Å². The lowest BCUT2D eigenvalue weighted by Crippen LogP contribution is -2.47. The number of rotatable bonds is 5. The van der Waals surface area contributed by atoms with Crippen molar-refractivity contribution >= 4 is 14.3 Å². The van der Waals surface area contributed by atoms with Crippen LogP contribution in [-0.2, 0) is 23.4 Å². The molecule has 0 spiro atoms. The van der Waals surface area contributed by atoms with E-state index < -0.39 is 8.32 Å². The first-order chi connectivity index (χ1) is 10.2. The molecular weight excluding hydrogens is 300 g/mol. The number of hydrogen-bond acceptors (Lipinski definition) is 5. The minimum Gasteiger partial charge on any atom is -0.466 e. The average Bonchev–Trinajstić information content (AvgIpc) is 2.93. The Kier molecular flexibility index (Phi) is 5.37. The van der Waals surface area contributed by atoms with E-state index in [9.17, 15) is 4.79 Å². The first-order valence-electron chi connectivity index (χ1n) is 8.22. The second-order valence-corrected chi connectivity index (χ2v) is 12.5. The number of carbonyl (C=O) groups excluding carboxylic acids is 1. The standard InChI is InChI=1S/C16H30O5Si/c1-7-18-13(17)8-11-9-19-15-12(10-20-14(11)15)21-22(5,6)16(2,3)4/h11-12,14-15H,7-10H2,1-6H3/t11?,12-,14-,15-/m1/s1. The highest BCUT2D eigenvalue weighted by Gasteiger charge is 2.51. The third-order valence-electron chi connectivity index (χ3n) is 5.10. The van der Waals surface area contributed by atoms with Gasteiger partial charge in [-0.15, -0.1) is 0 Å². The molecule has 0 amide bonds. The number of ether oxygens (including phenoxy) is 3. The van der Waals surface area contributed by atoms with E-state index in [1.165, 1.54) is 0 Å². The molecule has 4 atom stereocenters. The van der Waals surface area contributed by atoms with Crippen LogP contribution in [0.3, 0.4) is 0 Å². The van der Waals surface area contributed by atoms with Gasteiger partial charge in [-0.1, -0.05) is 20.8 Å². The fourth-order valence-electron chi connectivity index (χ4n) is 2.81. The van der Waals surface area contributed by atoms with E-state index in [0.717, 1.165) is 0 Å². The van der Waals surface area contributed by atoms with Gasteiger partial charge in [0.1, 0.15) is 6.10 Å². The van der Waals surface area contributed by atoms with Crippen molar-refractivity contribution in [3.63, 3.8) is 0 Å². The molecule has 2 saturated heterocycles. The fourth-order valence-corrected chi connectivity index (χ4v) is 4.12. The van der Waals surface area contributed by atoms with Crippen LogP contribution in [0.25, 0.3) is 0 Å². The highest BCUT2D eigenvalue weighted by atomic mass is 28.4. The third-order valence-corrected chi connectivity index (χ3v) is 9.60. The maximum absolute atomic E-state index is 11.7. The van der Waals surface area contributed by atoms with E-state index >= 15 is 0 Å². The molecule has 0 aliphatic carbocycles. The van der Waals surface area contributed by atoms with Gasteiger partial charge in [-0.05, 0) is 25.1 Å². The highest BCUT2D eigenvalue weighted by Crippen LogP contribution is 2.41. The summed E-state index contributed by atoms with van der Waals surface area (Å²) in [5, 5.41) is 0.161. The van der Waals surface area contributed by atoms with Crippen LogP contribution in [0.15, 0.2) is 0 Å². The van der Waals surface area contributed by atoms with Gasteiger partial charge in [0.25, 0.3) is 0 Å². The summed E-state index contributed by atoms with van der Waals surface area (Å²) in [7, 11) is -1.85. The molecule has 0 radical (unpaired) electrons. The SMILES string of the molecule is CCOC(=O)CC1CO[C@H]2[C@@H]1OC[C@H]2O[Si](C)(C)C(C)(C)C. The van der Waals surface area contributed by atoms with Gasteiger partial charge in [0.05, 0.1) is 38.4 Å². The lowest BCUT2D eigenvalue weighted by molar-refractivity contribution is -0.145. The summed E-state index contributed by atoms with van der Waals surface area (Å²) >= 11 is 0. The Bertz CT molecular complexity index is 404. The molecule has 128 valence electrons. The van der Waals surface area contributed by atoms with Crippen LogP contribution >= 0.6 is 0 Å². The van der Waals surface area contributed by atoms with E-state index in [4.69, 9.17) is 18.6 Å². The minimum absolute atomic E-state index is 0.0157. The summed E-state index contributed by atoms with van der Waals surface area (Å²) < 4.78 is 23.3. The van der Waals surface area contributed by atoms with Gasteiger partial charge in [0.2, 0.25) is 0 Å². The van der Waals surface area contributed by atoms with Crippen LogP contribution in [0.4, 0.5) is 0 Å². The van der Waals surface area contributed by atoms with E-state index in [1.54, 1.807) is 0 Å². The average molecular weight is 330 g/mol. The van der Waals surface area contributed by atoms with E-state index in [0.29, 0.717) is 26.2 Å². The molecule has 0 bridgehead atoms. The highest BCUT2D eigenvalue weighted by molar-refractivity contribution is 6.74. The summed E-state index contributed by atoms with van der Waals surface area (Å²) in [5.41, 5.74) is 0. The Morgan fingerprint density at radius 3 is 2.41 bits per heavy atom. The second kappa shape index (κ2) is 6.59. The zero-order chi connectivity index (χ0) is 16.5. The predicted molar refractivity (Wildman–Crippen MR) is 86.3 cm³/mol. The molecule has 0 aromatic rings. The smallest absolute Gasteiger partial charge is 0.306 e. The summed E-state index contributed by atoms with van der Waals surface area (Å²) in [6.45, 7) is 14.5. The monoisotopic (exact) mass is 330 g/mol. The van der Waals surface area contributed by atoms with Crippen LogP contribution in [0.1, 0.15) is 34.1 Å². The van der Waals surface area contributed by atoms with E-state index in [-0.39, 0.29) is 35.2 Å². The van der Waals surface area contributed by atoms with Crippen molar-refractivity contribution < 1.29 is 23.4 Å². The minimum atomic E-state index is -1.85. The van der Waals surface area contributed by atoms with Crippen LogP contribution in [0.2, 0.25) is 18.1 Å². The molecular formula is C16H30O5Si. The zero-order valence-electron chi connectivity index (χ0n) is 14.7. The van der Waals surface area contributed by atoms with Gasteiger partial charge in [0, 0.05) is 5.92 Å².